The smallest absolute Gasteiger partial charge is 0.0440 e. The molecular weight excluding hydrogens is 222 g/mol. The number of benzene rings is 1. The predicted molar refractivity (Wildman–Crippen MR) is 77.8 cm³/mol. The Morgan fingerprint density at radius 2 is 1.50 bits per heavy atom. The van der Waals surface area contributed by atoms with Crippen LogP contribution >= 0.6 is 0 Å². The highest BCUT2D eigenvalue weighted by molar-refractivity contribution is 5.33. The maximum Gasteiger partial charge on any atom is 0.0440 e. The monoisotopic (exact) mass is 249 g/mol. The summed E-state index contributed by atoms with van der Waals surface area (Å²) in [6.07, 6.45) is 0.694. The minimum absolute atomic E-state index is 0.0186. The van der Waals surface area contributed by atoms with Crippen LogP contribution in [0, 0.1) is 0 Å². The van der Waals surface area contributed by atoms with Gasteiger partial charge in [-0.1, -0.05) is 52.0 Å². The molecule has 1 aromatic carbocycles. The third-order valence-electron chi connectivity index (χ3n) is 4.05. The first-order valence-corrected chi connectivity index (χ1v) is 6.69. The highest BCUT2D eigenvalue weighted by atomic mass is 16.3. The lowest BCUT2D eigenvalue weighted by atomic mass is 9.73. The second-order valence-electron chi connectivity index (χ2n) is 6.51. The first kappa shape index (κ1) is 15.2. The van der Waals surface area contributed by atoms with Crippen LogP contribution in [0.2, 0.25) is 0 Å². The molecule has 0 aliphatic heterocycles. The van der Waals surface area contributed by atoms with Crippen LogP contribution in [0.3, 0.4) is 0 Å². The van der Waals surface area contributed by atoms with E-state index >= 15 is 0 Å². The quantitative estimate of drug-likeness (QED) is 0.861. The fourth-order valence-electron chi connectivity index (χ4n) is 2.22. The van der Waals surface area contributed by atoms with Gasteiger partial charge in [-0.2, -0.15) is 0 Å². The Morgan fingerprint density at radius 1 is 1.06 bits per heavy atom. The molecule has 0 saturated carbocycles. The molecule has 0 amide bonds. The molecule has 1 rings (SSSR count). The summed E-state index contributed by atoms with van der Waals surface area (Å²) in [6, 6.07) is 8.67. The van der Waals surface area contributed by atoms with Crippen molar-refractivity contribution in [1.29, 1.82) is 0 Å². The van der Waals surface area contributed by atoms with Gasteiger partial charge >= 0.3 is 0 Å². The van der Waals surface area contributed by atoms with Gasteiger partial charge in [0.05, 0.1) is 0 Å². The van der Waals surface area contributed by atoms with Gasteiger partial charge in [0.25, 0.3) is 0 Å². The maximum absolute atomic E-state index is 9.24. The molecule has 0 spiro atoms. The highest BCUT2D eigenvalue weighted by Gasteiger charge is 2.30. The minimum Gasteiger partial charge on any atom is -0.396 e. The van der Waals surface area contributed by atoms with E-state index in [1.165, 1.54) is 11.1 Å². The maximum atomic E-state index is 9.24. The Kier molecular flexibility index (Phi) is 4.57. The molecule has 2 unspecified atom stereocenters. The standard InChI is InChI=1S/C16H27NO/c1-12(17)16(5,10-11-18)14-8-6-13(7-9-14)15(2,3)4/h6-9,12,18H,10-11,17H2,1-5H3. The second kappa shape index (κ2) is 5.41. The van der Waals surface area contributed by atoms with Gasteiger partial charge in [-0.05, 0) is 29.9 Å². The van der Waals surface area contributed by atoms with Crippen molar-refractivity contribution in [3.63, 3.8) is 0 Å². The number of aliphatic hydroxyl groups excluding tert-OH is 1. The molecule has 0 aromatic heterocycles. The van der Waals surface area contributed by atoms with Gasteiger partial charge in [0, 0.05) is 18.1 Å². The average molecular weight is 249 g/mol. The molecule has 0 saturated heterocycles. The van der Waals surface area contributed by atoms with Crippen LogP contribution in [0.15, 0.2) is 24.3 Å². The highest BCUT2D eigenvalue weighted by Crippen LogP contribution is 2.32. The van der Waals surface area contributed by atoms with E-state index in [2.05, 4.69) is 52.0 Å². The number of aliphatic hydroxyl groups is 1. The molecule has 1 aromatic rings. The van der Waals surface area contributed by atoms with Crippen molar-refractivity contribution < 1.29 is 5.11 Å². The van der Waals surface area contributed by atoms with Crippen LogP contribution in [0.25, 0.3) is 0 Å². The van der Waals surface area contributed by atoms with Crippen molar-refractivity contribution in [3.05, 3.63) is 35.4 Å². The molecule has 0 radical (unpaired) electrons. The number of hydrogen-bond acceptors (Lipinski definition) is 2. The van der Waals surface area contributed by atoms with Crippen LogP contribution in [-0.4, -0.2) is 17.8 Å². The zero-order chi connectivity index (χ0) is 14.0. The largest absolute Gasteiger partial charge is 0.396 e. The van der Waals surface area contributed by atoms with Crippen LogP contribution in [-0.2, 0) is 10.8 Å². The van der Waals surface area contributed by atoms with E-state index in [1.807, 2.05) is 6.92 Å². The Morgan fingerprint density at radius 3 is 1.83 bits per heavy atom. The third kappa shape index (κ3) is 3.12. The van der Waals surface area contributed by atoms with Gasteiger partial charge in [-0.25, -0.2) is 0 Å². The topological polar surface area (TPSA) is 46.2 Å². The third-order valence-corrected chi connectivity index (χ3v) is 4.05. The van der Waals surface area contributed by atoms with Crippen molar-refractivity contribution in [2.45, 2.75) is 57.9 Å². The molecular formula is C16H27NO. The predicted octanol–water partition coefficient (Wildman–Crippen LogP) is 2.97. The van der Waals surface area contributed by atoms with Crippen molar-refractivity contribution in [2.75, 3.05) is 6.61 Å². The first-order chi connectivity index (χ1) is 8.21. The van der Waals surface area contributed by atoms with E-state index in [9.17, 15) is 5.11 Å². The van der Waals surface area contributed by atoms with Crippen molar-refractivity contribution in [3.8, 4) is 0 Å². The van der Waals surface area contributed by atoms with Crippen molar-refractivity contribution >= 4 is 0 Å². The lowest BCUT2D eigenvalue weighted by Crippen LogP contribution is -2.41. The fourth-order valence-corrected chi connectivity index (χ4v) is 2.22. The molecule has 0 fully saturated rings. The normalized spacial score (nSPS) is 17.3. The van der Waals surface area contributed by atoms with Crippen molar-refractivity contribution in [2.24, 2.45) is 5.73 Å². The number of hydrogen-bond donors (Lipinski definition) is 2. The van der Waals surface area contributed by atoms with E-state index in [0.717, 1.165) is 0 Å². The Bertz CT molecular complexity index is 375. The second-order valence-corrected chi connectivity index (χ2v) is 6.51. The lowest BCUT2D eigenvalue weighted by molar-refractivity contribution is 0.229. The lowest BCUT2D eigenvalue weighted by Gasteiger charge is -2.34. The SMILES string of the molecule is CC(N)C(C)(CCO)c1ccc(C(C)(C)C)cc1. The Balaban J connectivity index is 3.09. The summed E-state index contributed by atoms with van der Waals surface area (Å²) in [5, 5.41) is 9.24. The molecule has 0 heterocycles. The summed E-state index contributed by atoms with van der Waals surface area (Å²) in [5.41, 5.74) is 8.64. The Labute approximate surface area is 111 Å². The molecule has 102 valence electrons. The molecule has 2 nitrogen and oxygen atoms in total. The summed E-state index contributed by atoms with van der Waals surface area (Å²) in [4.78, 5) is 0. The summed E-state index contributed by atoms with van der Waals surface area (Å²) in [7, 11) is 0. The molecule has 0 bridgehead atoms. The van der Waals surface area contributed by atoms with E-state index in [-0.39, 0.29) is 23.5 Å². The van der Waals surface area contributed by atoms with Gasteiger partial charge in [0.2, 0.25) is 0 Å². The summed E-state index contributed by atoms with van der Waals surface area (Å²) in [5.74, 6) is 0. The van der Waals surface area contributed by atoms with Crippen LogP contribution in [0.1, 0.15) is 52.2 Å². The number of rotatable bonds is 4. The molecule has 0 aliphatic carbocycles. The zero-order valence-electron chi connectivity index (χ0n) is 12.3. The van der Waals surface area contributed by atoms with E-state index < -0.39 is 0 Å². The van der Waals surface area contributed by atoms with E-state index in [0.29, 0.717) is 6.42 Å². The average Bonchev–Trinajstić information content (AvgIpc) is 2.28. The molecule has 18 heavy (non-hydrogen) atoms. The van der Waals surface area contributed by atoms with Gasteiger partial charge in [0.15, 0.2) is 0 Å². The van der Waals surface area contributed by atoms with Crippen LogP contribution in [0.5, 0.6) is 0 Å². The summed E-state index contributed by atoms with van der Waals surface area (Å²) < 4.78 is 0. The van der Waals surface area contributed by atoms with E-state index in [1.54, 1.807) is 0 Å². The molecule has 3 N–H and O–H groups in total. The zero-order valence-corrected chi connectivity index (χ0v) is 12.3. The van der Waals surface area contributed by atoms with Gasteiger partial charge in [0.1, 0.15) is 0 Å². The fraction of sp³-hybridized carbons (Fsp3) is 0.625. The molecule has 0 aliphatic rings. The van der Waals surface area contributed by atoms with Gasteiger partial charge in [-0.3, -0.25) is 0 Å². The van der Waals surface area contributed by atoms with Crippen LogP contribution < -0.4 is 5.73 Å². The Hall–Kier alpha value is -0.860. The van der Waals surface area contributed by atoms with Gasteiger partial charge in [-0.15, -0.1) is 0 Å². The van der Waals surface area contributed by atoms with E-state index in [4.69, 9.17) is 5.73 Å². The van der Waals surface area contributed by atoms with Crippen LogP contribution in [0.4, 0.5) is 0 Å². The molecule has 2 heteroatoms. The summed E-state index contributed by atoms with van der Waals surface area (Å²) in [6.45, 7) is 10.9. The number of nitrogens with two attached hydrogens (primary N) is 1. The first-order valence-electron chi connectivity index (χ1n) is 6.69. The summed E-state index contributed by atoms with van der Waals surface area (Å²) >= 11 is 0. The molecule has 2 atom stereocenters. The minimum atomic E-state index is -0.162. The van der Waals surface area contributed by atoms with Gasteiger partial charge < -0.3 is 10.8 Å². The van der Waals surface area contributed by atoms with Crippen molar-refractivity contribution in [1.82, 2.24) is 0 Å².